The van der Waals surface area contributed by atoms with Gasteiger partial charge in [0.05, 0.1) is 4.88 Å². The van der Waals surface area contributed by atoms with Crippen molar-refractivity contribution in [3.8, 4) is 0 Å². The Balaban J connectivity index is 1.77. The number of amides is 3. The average molecular weight is 301 g/mol. The van der Waals surface area contributed by atoms with Crippen molar-refractivity contribution >= 4 is 34.6 Å². The molecule has 0 radical (unpaired) electrons. The Bertz CT molecular complexity index is 696. The van der Waals surface area contributed by atoms with E-state index in [1.165, 1.54) is 11.3 Å². The minimum Gasteiger partial charge on any atom is -0.336 e. The van der Waals surface area contributed by atoms with Crippen molar-refractivity contribution < 1.29 is 9.59 Å². The molecule has 3 amide bonds. The molecule has 0 spiro atoms. The fraction of sp³-hybridized carbons (Fsp3) is 0.200. The SMILES string of the molecule is Cc1ccc(C(=O)Nc2cccc(N3CCNC3=O)c2)s1. The van der Waals surface area contributed by atoms with Crippen molar-refractivity contribution in [2.75, 3.05) is 23.3 Å². The third-order valence-electron chi connectivity index (χ3n) is 3.24. The molecule has 5 nitrogen and oxygen atoms in total. The Morgan fingerprint density at radius 2 is 2.19 bits per heavy atom. The average Bonchev–Trinajstić information content (AvgIpc) is 3.08. The highest BCUT2D eigenvalue weighted by molar-refractivity contribution is 7.14. The Kier molecular flexibility index (Phi) is 3.62. The van der Waals surface area contributed by atoms with Gasteiger partial charge in [-0.25, -0.2) is 4.79 Å². The number of nitrogens with zero attached hydrogens (tertiary/aromatic N) is 1. The van der Waals surface area contributed by atoms with Crippen molar-refractivity contribution in [2.24, 2.45) is 0 Å². The molecule has 3 rings (SSSR count). The van der Waals surface area contributed by atoms with E-state index in [-0.39, 0.29) is 11.9 Å². The normalized spacial score (nSPS) is 14.1. The van der Waals surface area contributed by atoms with Crippen molar-refractivity contribution in [3.63, 3.8) is 0 Å². The van der Waals surface area contributed by atoms with Crippen LogP contribution in [0.2, 0.25) is 0 Å². The van der Waals surface area contributed by atoms with Crippen LogP contribution in [0.25, 0.3) is 0 Å². The summed E-state index contributed by atoms with van der Waals surface area (Å²) in [6.07, 6.45) is 0. The maximum absolute atomic E-state index is 12.1. The second-order valence-electron chi connectivity index (χ2n) is 4.80. The van der Waals surface area contributed by atoms with Crippen LogP contribution in [0, 0.1) is 6.92 Å². The van der Waals surface area contributed by atoms with Crippen molar-refractivity contribution in [2.45, 2.75) is 6.92 Å². The number of urea groups is 1. The molecule has 0 atom stereocenters. The van der Waals surface area contributed by atoms with Crippen LogP contribution >= 0.6 is 11.3 Å². The molecule has 6 heteroatoms. The molecular weight excluding hydrogens is 286 g/mol. The quantitative estimate of drug-likeness (QED) is 0.915. The highest BCUT2D eigenvalue weighted by Gasteiger charge is 2.21. The highest BCUT2D eigenvalue weighted by atomic mass is 32.1. The molecule has 1 aromatic carbocycles. The number of hydrogen-bond donors (Lipinski definition) is 2. The number of anilines is 2. The number of nitrogens with one attached hydrogen (secondary N) is 2. The van der Waals surface area contributed by atoms with Gasteiger partial charge < -0.3 is 10.6 Å². The molecule has 0 unspecified atom stereocenters. The van der Waals surface area contributed by atoms with Crippen molar-refractivity contribution in [1.29, 1.82) is 0 Å². The van der Waals surface area contributed by atoms with Gasteiger partial charge in [0.1, 0.15) is 0 Å². The first-order valence-electron chi connectivity index (χ1n) is 6.67. The van der Waals surface area contributed by atoms with Crippen molar-refractivity contribution in [1.82, 2.24) is 5.32 Å². The summed E-state index contributed by atoms with van der Waals surface area (Å²) in [6, 6.07) is 10.9. The Hall–Kier alpha value is -2.34. The van der Waals surface area contributed by atoms with Gasteiger partial charge in [-0.15, -0.1) is 11.3 Å². The van der Waals surface area contributed by atoms with Gasteiger partial charge in [-0.3, -0.25) is 9.69 Å². The Labute approximate surface area is 126 Å². The van der Waals surface area contributed by atoms with Gasteiger partial charge in [0, 0.05) is 29.3 Å². The van der Waals surface area contributed by atoms with Crippen LogP contribution in [0.5, 0.6) is 0 Å². The number of carbonyl (C=O) groups is 2. The minimum atomic E-state index is -0.129. The minimum absolute atomic E-state index is 0.104. The lowest BCUT2D eigenvalue weighted by Gasteiger charge is -2.15. The maximum Gasteiger partial charge on any atom is 0.321 e. The maximum atomic E-state index is 12.1. The highest BCUT2D eigenvalue weighted by Crippen LogP contribution is 2.22. The first kappa shape index (κ1) is 13.6. The lowest BCUT2D eigenvalue weighted by atomic mass is 10.2. The summed E-state index contributed by atoms with van der Waals surface area (Å²) < 4.78 is 0. The van der Waals surface area contributed by atoms with Crippen LogP contribution in [0.15, 0.2) is 36.4 Å². The van der Waals surface area contributed by atoms with E-state index in [0.717, 1.165) is 10.6 Å². The lowest BCUT2D eigenvalue weighted by Crippen LogP contribution is -2.27. The molecule has 2 aromatic rings. The van der Waals surface area contributed by atoms with Crippen LogP contribution in [-0.2, 0) is 0 Å². The second kappa shape index (κ2) is 5.57. The fourth-order valence-corrected chi connectivity index (χ4v) is 2.98. The van der Waals surface area contributed by atoms with Gasteiger partial charge in [-0.05, 0) is 37.3 Å². The summed E-state index contributed by atoms with van der Waals surface area (Å²) in [5.41, 5.74) is 1.47. The zero-order valence-electron chi connectivity index (χ0n) is 11.6. The largest absolute Gasteiger partial charge is 0.336 e. The van der Waals surface area contributed by atoms with Crippen LogP contribution in [0.1, 0.15) is 14.5 Å². The Morgan fingerprint density at radius 1 is 1.33 bits per heavy atom. The summed E-state index contributed by atoms with van der Waals surface area (Å²) in [5.74, 6) is -0.129. The van der Waals surface area contributed by atoms with Gasteiger partial charge in [-0.2, -0.15) is 0 Å². The number of thiophene rings is 1. The van der Waals surface area contributed by atoms with Crippen LogP contribution in [-0.4, -0.2) is 25.0 Å². The number of rotatable bonds is 3. The summed E-state index contributed by atoms with van der Waals surface area (Å²) in [7, 11) is 0. The zero-order chi connectivity index (χ0) is 14.8. The molecular formula is C15H15N3O2S. The third kappa shape index (κ3) is 2.90. The standard InChI is InChI=1S/C15H15N3O2S/c1-10-5-6-13(21-10)14(19)17-11-3-2-4-12(9-11)18-8-7-16-15(18)20/h2-6,9H,7-8H2,1H3,(H,16,20)(H,17,19). The molecule has 0 aliphatic carbocycles. The molecule has 1 fully saturated rings. The van der Waals surface area contributed by atoms with Crippen molar-refractivity contribution in [3.05, 3.63) is 46.2 Å². The van der Waals surface area contributed by atoms with Gasteiger partial charge in [0.25, 0.3) is 5.91 Å². The number of carbonyl (C=O) groups excluding carboxylic acids is 2. The molecule has 1 aromatic heterocycles. The molecule has 1 aliphatic heterocycles. The lowest BCUT2D eigenvalue weighted by molar-refractivity contribution is 0.103. The van der Waals surface area contributed by atoms with Gasteiger partial charge in [0.2, 0.25) is 0 Å². The summed E-state index contributed by atoms with van der Waals surface area (Å²) in [5, 5.41) is 5.62. The predicted octanol–water partition coefficient (Wildman–Crippen LogP) is 2.84. The summed E-state index contributed by atoms with van der Waals surface area (Å²) in [4.78, 5) is 27.2. The van der Waals surface area contributed by atoms with E-state index >= 15 is 0 Å². The molecule has 2 N–H and O–H groups in total. The summed E-state index contributed by atoms with van der Waals surface area (Å²) in [6.45, 7) is 3.25. The van der Waals surface area contributed by atoms with E-state index in [0.29, 0.717) is 23.7 Å². The first-order valence-corrected chi connectivity index (χ1v) is 7.48. The van der Waals surface area contributed by atoms with Crippen LogP contribution in [0.4, 0.5) is 16.2 Å². The molecule has 2 heterocycles. The topological polar surface area (TPSA) is 61.4 Å². The third-order valence-corrected chi connectivity index (χ3v) is 4.24. The van der Waals surface area contributed by atoms with E-state index in [1.807, 2.05) is 43.3 Å². The molecule has 1 aliphatic rings. The fourth-order valence-electron chi connectivity index (χ4n) is 2.22. The van der Waals surface area contributed by atoms with E-state index in [1.54, 1.807) is 4.90 Å². The van der Waals surface area contributed by atoms with E-state index in [2.05, 4.69) is 10.6 Å². The molecule has 0 saturated carbocycles. The van der Waals surface area contributed by atoms with Gasteiger partial charge in [-0.1, -0.05) is 6.07 Å². The number of aryl methyl sites for hydroxylation is 1. The number of benzene rings is 1. The zero-order valence-corrected chi connectivity index (χ0v) is 12.4. The second-order valence-corrected chi connectivity index (χ2v) is 6.09. The monoisotopic (exact) mass is 301 g/mol. The van der Waals surface area contributed by atoms with E-state index < -0.39 is 0 Å². The molecule has 0 bridgehead atoms. The van der Waals surface area contributed by atoms with Gasteiger partial charge in [0.15, 0.2) is 0 Å². The van der Waals surface area contributed by atoms with E-state index in [4.69, 9.17) is 0 Å². The smallest absolute Gasteiger partial charge is 0.321 e. The van der Waals surface area contributed by atoms with Crippen LogP contribution in [0.3, 0.4) is 0 Å². The molecule has 108 valence electrons. The first-order chi connectivity index (χ1) is 10.1. The van der Waals surface area contributed by atoms with Gasteiger partial charge >= 0.3 is 6.03 Å². The Morgan fingerprint density at radius 3 is 2.86 bits per heavy atom. The van der Waals surface area contributed by atoms with E-state index in [9.17, 15) is 9.59 Å². The van der Waals surface area contributed by atoms with Crippen LogP contribution < -0.4 is 15.5 Å². The molecule has 1 saturated heterocycles. The molecule has 21 heavy (non-hydrogen) atoms. The number of hydrogen-bond acceptors (Lipinski definition) is 3. The summed E-state index contributed by atoms with van der Waals surface area (Å²) >= 11 is 1.46. The predicted molar refractivity (Wildman–Crippen MR) is 84.2 cm³/mol.